The summed E-state index contributed by atoms with van der Waals surface area (Å²) in [7, 11) is 0. The minimum Gasteiger partial charge on any atom is -0.456 e. The van der Waals surface area contributed by atoms with E-state index in [4.69, 9.17) is 9.47 Å². The Bertz CT molecular complexity index is 702. The third-order valence-electron chi connectivity index (χ3n) is 3.67. The van der Waals surface area contributed by atoms with Gasteiger partial charge in [0.05, 0.1) is 5.56 Å². The number of hydrogen-bond donors (Lipinski definition) is 0. The number of nitrogens with zero attached hydrogens (tertiary/aromatic N) is 3. The topological polar surface area (TPSA) is 72.0 Å². The fraction of sp³-hybridized carbons (Fsp3) is 0.632. The summed E-state index contributed by atoms with van der Waals surface area (Å²) in [6, 6.07) is 3.37. The second kappa shape index (κ2) is 8.04. The third kappa shape index (κ3) is 6.68. The van der Waals surface area contributed by atoms with Gasteiger partial charge in [-0.15, -0.1) is 0 Å². The van der Waals surface area contributed by atoms with Gasteiger partial charge in [-0.05, 0) is 69.6 Å². The summed E-state index contributed by atoms with van der Waals surface area (Å²) in [5, 5.41) is 0. The molecule has 1 aromatic heterocycles. The van der Waals surface area contributed by atoms with Crippen molar-refractivity contribution in [2.24, 2.45) is 0 Å². The van der Waals surface area contributed by atoms with Gasteiger partial charge in [-0.3, -0.25) is 0 Å². The maximum Gasteiger partial charge on any atom is 0.410 e. The lowest BCUT2D eigenvalue weighted by Gasteiger charge is -2.36. The predicted molar refractivity (Wildman–Crippen MR) is 107 cm³/mol. The van der Waals surface area contributed by atoms with Gasteiger partial charge in [0.25, 0.3) is 0 Å². The first-order chi connectivity index (χ1) is 12.3. The van der Waals surface area contributed by atoms with Gasteiger partial charge >= 0.3 is 12.1 Å². The highest BCUT2D eigenvalue weighted by Crippen LogP contribution is 2.22. The number of carbonyl (C=O) groups is 2. The zero-order valence-corrected chi connectivity index (χ0v) is 18.4. The number of esters is 1. The molecule has 0 bridgehead atoms. The van der Waals surface area contributed by atoms with Crippen LogP contribution in [0.4, 0.5) is 10.6 Å². The average Bonchev–Trinajstić information content (AvgIpc) is 2.51. The molecule has 1 aliphatic heterocycles. The lowest BCUT2D eigenvalue weighted by atomic mass is 10.2. The van der Waals surface area contributed by atoms with Gasteiger partial charge in [-0.2, -0.15) is 0 Å². The monoisotopic (exact) mass is 441 g/mol. The number of hydrogen-bond acceptors (Lipinski definition) is 6. The van der Waals surface area contributed by atoms with E-state index in [1.165, 1.54) is 0 Å². The zero-order chi connectivity index (χ0) is 20.4. The quantitative estimate of drug-likeness (QED) is 0.512. The van der Waals surface area contributed by atoms with Crippen LogP contribution in [0, 0.1) is 0 Å². The van der Waals surface area contributed by atoms with E-state index >= 15 is 0 Å². The molecule has 0 aliphatic carbocycles. The fourth-order valence-electron chi connectivity index (χ4n) is 2.54. The van der Waals surface area contributed by atoms with Crippen molar-refractivity contribution in [1.82, 2.24) is 9.88 Å². The highest BCUT2D eigenvalue weighted by Gasteiger charge is 2.27. The second-order valence-electron chi connectivity index (χ2n) is 8.49. The summed E-state index contributed by atoms with van der Waals surface area (Å²) in [5.41, 5.74) is -0.634. The van der Waals surface area contributed by atoms with E-state index < -0.39 is 11.2 Å². The lowest BCUT2D eigenvalue weighted by molar-refractivity contribution is 0.00688. The van der Waals surface area contributed by atoms with Crippen molar-refractivity contribution in [3.05, 3.63) is 22.3 Å². The fourth-order valence-corrected chi connectivity index (χ4v) is 2.97. The summed E-state index contributed by atoms with van der Waals surface area (Å²) in [6.45, 7) is 13.3. The SMILES string of the molecule is CC(C)(C)OC(=O)c1cc(Br)nc(N2CCN(C(=O)OC(C)(C)C)CC2)c1. The summed E-state index contributed by atoms with van der Waals surface area (Å²) < 4.78 is 11.4. The molecule has 0 radical (unpaired) electrons. The molecular formula is C19H28BrN3O4. The molecular weight excluding hydrogens is 414 g/mol. The van der Waals surface area contributed by atoms with Gasteiger partial charge in [-0.25, -0.2) is 14.6 Å². The van der Waals surface area contributed by atoms with E-state index in [2.05, 4.69) is 20.9 Å². The van der Waals surface area contributed by atoms with Crippen LogP contribution in [0.25, 0.3) is 0 Å². The number of rotatable bonds is 2. The molecule has 0 unspecified atom stereocenters. The highest BCUT2D eigenvalue weighted by atomic mass is 79.9. The van der Waals surface area contributed by atoms with Crippen LogP contribution in [0.5, 0.6) is 0 Å². The maximum absolute atomic E-state index is 12.4. The molecule has 1 aromatic rings. The van der Waals surface area contributed by atoms with Crippen molar-refractivity contribution in [3.63, 3.8) is 0 Å². The molecule has 8 heteroatoms. The number of halogens is 1. The average molecular weight is 442 g/mol. The molecule has 150 valence electrons. The van der Waals surface area contributed by atoms with Gasteiger partial charge < -0.3 is 19.3 Å². The van der Waals surface area contributed by atoms with Crippen molar-refractivity contribution >= 4 is 33.8 Å². The Morgan fingerprint density at radius 1 is 0.963 bits per heavy atom. The van der Waals surface area contributed by atoms with Crippen LogP contribution >= 0.6 is 15.9 Å². The van der Waals surface area contributed by atoms with Gasteiger partial charge in [0.1, 0.15) is 21.6 Å². The summed E-state index contributed by atoms with van der Waals surface area (Å²) in [4.78, 5) is 32.7. The zero-order valence-electron chi connectivity index (χ0n) is 16.8. The molecule has 1 aliphatic rings. The Labute approximate surface area is 169 Å². The second-order valence-corrected chi connectivity index (χ2v) is 9.31. The van der Waals surface area contributed by atoms with Crippen molar-refractivity contribution in [2.45, 2.75) is 52.7 Å². The lowest BCUT2D eigenvalue weighted by Crippen LogP contribution is -2.50. The van der Waals surface area contributed by atoms with E-state index in [0.717, 1.165) is 0 Å². The minimum atomic E-state index is -0.563. The van der Waals surface area contributed by atoms with Gasteiger partial charge in [0.2, 0.25) is 0 Å². The van der Waals surface area contributed by atoms with E-state index in [0.29, 0.717) is 42.2 Å². The number of anilines is 1. The first kappa shape index (κ1) is 21.5. The van der Waals surface area contributed by atoms with Crippen LogP contribution in [0.2, 0.25) is 0 Å². The molecule has 1 saturated heterocycles. The molecule has 27 heavy (non-hydrogen) atoms. The van der Waals surface area contributed by atoms with Crippen molar-refractivity contribution in [2.75, 3.05) is 31.1 Å². The van der Waals surface area contributed by atoms with Crippen molar-refractivity contribution in [3.8, 4) is 0 Å². The summed E-state index contributed by atoms with van der Waals surface area (Å²) in [5.74, 6) is 0.285. The van der Waals surface area contributed by atoms with Crippen LogP contribution in [-0.4, -0.2) is 59.3 Å². The van der Waals surface area contributed by atoms with Crippen LogP contribution in [0.3, 0.4) is 0 Å². The van der Waals surface area contributed by atoms with E-state index in [1.54, 1.807) is 17.0 Å². The van der Waals surface area contributed by atoms with Crippen molar-refractivity contribution in [1.29, 1.82) is 0 Å². The van der Waals surface area contributed by atoms with E-state index in [9.17, 15) is 9.59 Å². The number of ether oxygens (including phenoxy) is 2. The molecule has 2 heterocycles. The summed E-state index contributed by atoms with van der Waals surface area (Å²) >= 11 is 3.37. The molecule has 0 atom stereocenters. The van der Waals surface area contributed by atoms with Gasteiger partial charge in [0, 0.05) is 26.2 Å². The molecule has 7 nitrogen and oxygen atoms in total. The Balaban J connectivity index is 2.06. The Morgan fingerprint density at radius 2 is 1.52 bits per heavy atom. The molecule has 0 saturated carbocycles. The molecule has 2 rings (SSSR count). The van der Waals surface area contributed by atoms with Crippen LogP contribution < -0.4 is 4.90 Å². The minimum absolute atomic E-state index is 0.307. The number of piperazine rings is 1. The largest absolute Gasteiger partial charge is 0.456 e. The first-order valence-electron chi connectivity index (χ1n) is 8.98. The number of amides is 1. The van der Waals surface area contributed by atoms with E-state index in [-0.39, 0.29) is 12.1 Å². The standard InChI is InChI=1S/C19H28BrN3O4/c1-18(2,3)26-16(24)13-11-14(20)21-15(12-13)22-7-9-23(10-8-22)17(25)27-19(4,5)6/h11-12H,7-10H2,1-6H3. The molecule has 0 aromatic carbocycles. The molecule has 0 N–H and O–H groups in total. The Kier molecular flexibility index (Phi) is 6.39. The van der Waals surface area contributed by atoms with Gasteiger partial charge in [-0.1, -0.05) is 0 Å². The Morgan fingerprint density at radius 3 is 2.04 bits per heavy atom. The molecule has 1 fully saturated rings. The molecule has 0 spiro atoms. The maximum atomic E-state index is 12.4. The Hall–Kier alpha value is -1.83. The number of carbonyl (C=O) groups excluding carboxylic acids is 2. The van der Waals surface area contributed by atoms with E-state index in [1.807, 2.05) is 46.4 Å². The summed E-state index contributed by atoms with van der Waals surface area (Å²) in [6.07, 6.45) is -0.307. The first-order valence-corrected chi connectivity index (χ1v) is 9.77. The van der Waals surface area contributed by atoms with Crippen LogP contribution in [-0.2, 0) is 9.47 Å². The smallest absolute Gasteiger partial charge is 0.410 e. The predicted octanol–water partition coefficient (Wildman–Crippen LogP) is 3.86. The van der Waals surface area contributed by atoms with Gasteiger partial charge in [0.15, 0.2) is 0 Å². The number of aromatic nitrogens is 1. The normalized spacial score (nSPS) is 15.5. The van der Waals surface area contributed by atoms with Crippen LogP contribution in [0.1, 0.15) is 51.9 Å². The highest BCUT2D eigenvalue weighted by molar-refractivity contribution is 9.10. The van der Waals surface area contributed by atoms with Crippen molar-refractivity contribution < 1.29 is 19.1 Å². The third-order valence-corrected chi connectivity index (χ3v) is 4.08. The molecule has 1 amide bonds. The van der Waals surface area contributed by atoms with Crippen LogP contribution in [0.15, 0.2) is 16.7 Å². The number of pyridine rings is 1.